The van der Waals surface area contributed by atoms with E-state index in [4.69, 9.17) is 10.4 Å². The van der Waals surface area contributed by atoms with E-state index in [1.165, 1.54) is 26.0 Å². The van der Waals surface area contributed by atoms with Crippen LogP contribution in [0.15, 0.2) is 16.3 Å². The fourth-order valence-corrected chi connectivity index (χ4v) is 4.57. The number of nitriles is 1. The molecule has 0 saturated heterocycles. The van der Waals surface area contributed by atoms with Gasteiger partial charge in [0.25, 0.3) is 10.0 Å². The summed E-state index contributed by atoms with van der Waals surface area (Å²) in [7, 11) is -3.92. The predicted octanol–water partition coefficient (Wildman–Crippen LogP) is 1.49. The summed E-state index contributed by atoms with van der Waals surface area (Å²) in [6, 6.07) is 4.58. The van der Waals surface area contributed by atoms with Gasteiger partial charge in [-0.1, -0.05) is 6.92 Å². The van der Waals surface area contributed by atoms with Crippen molar-refractivity contribution in [3.8, 4) is 6.07 Å². The van der Waals surface area contributed by atoms with Crippen molar-refractivity contribution in [1.29, 1.82) is 5.26 Å². The number of hydrogen-bond acceptors (Lipinski definition) is 5. The molecule has 1 rings (SSSR count). The summed E-state index contributed by atoms with van der Waals surface area (Å²) in [5, 5.41) is 17.9. The van der Waals surface area contributed by atoms with Gasteiger partial charge in [0.05, 0.1) is 0 Å². The van der Waals surface area contributed by atoms with Crippen LogP contribution in [0.5, 0.6) is 0 Å². The highest BCUT2D eigenvalue weighted by Gasteiger charge is 2.42. The smallest absolute Gasteiger partial charge is 0.324 e. The van der Waals surface area contributed by atoms with Crippen molar-refractivity contribution in [2.75, 3.05) is 6.54 Å². The maximum absolute atomic E-state index is 12.4. The van der Waals surface area contributed by atoms with Crippen molar-refractivity contribution in [2.45, 2.75) is 30.5 Å². The standard InChI is InChI=1S/C11H14N2O4S2/c1-4-13(11(2,3)10(14)15)19(16,17)9-6-5-8(7-12)18-9/h5-6H,4H2,1-3H3,(H,14,15). The van der Waals surface area contributed by atoms with Crippen LogP contribution in [0.25, 0.3) is 0 Å². The van der Waals surface area contributed by atoms with Crippen molar-refractivity contribution in [2.24, 2.45) is 0 Å². The third-order valence-corrected chi connectivity index (χ3v) is 6.28. The van der Waals surface area contributed by atoms with E-state index in [0.29, 0.717) is 0 Å². The molecule has 19 heavy (non-hydrogen) atoms. The quantitative estimate of drug-likeness (QED) is 0.888. The summed E-state index contributed by atoms with van der Waals surface area (Å²) in [5.41, 5.74) is -1.55. The topological polar surface area (TPSA) is 98.5 Å². The molecule has 0 saturated carbocycles. The normalized spacial score (nSPS) is 12.4. The van der Waals surface area contributed by atoms with Crippen molar-refractivity contribution in [1.82, 2.24) is 4.31 Å². The number of sulfonamides is 1. The highest BCUT2D eigenvalue weighted by atomic mass is 32.2. The lowest BCUT2D eigenvalue weighted by Crippen LogP contribution is -2.52. The first-order valence-electron chi connectivity index (χ1n) is 5.44. The Balaban J connectivity index is 3.32. The fourth-order valence-electron chi connectivity index (χ4n) is 1.60. The van der Waals surface area contributed by atoms with Crippen molar-refractivity contribution >= 4 is 27.3 Å². The molecule has 0 aliphatic heterocycles. The Hall–Kier alpha value is -1.43. The molecule has 0 aliphatic carbocycles. The molecule has 104 valence electrons. The lowest BCUT2D eigenvalue weighted by atomic mass is 10.1. The minimum absolute atomic E-state index is 0.0276. The van der Waals surface area contributed by atoms with Crippen LogP contribution in [0.2, 0.25) is 0 Å². The van der Waals surface area contributed by atoms with E-state index in [-0.39, 0.29) is 15.6 Å². The monoisotopic (exact) mass is 302 g/mol. The first kappa shape index (κ1) is 15.6. The Labute approximate surface area is 115 Å². The van der Waals surface area contributed by atoms with Gasteiger partial charge in [0.2, 0.25) is 0 Å². The number of carbonyl (C=O) groups is 1. The summed E-state index contributed by atoms with van der Waals surface area (Å²) >= 11 is 0.828. The minimum atomic E-state index is -3.92. The predicted molar refractivity (Wildman–Crippen MR) is 70.3 cm³/mol. The van der Waals surface area contributed by atoms with Crippen molar-refractivity contribution < 1.29 is 18.3 Å². The number of hydrogen-bond donors (Lipinski definition) is 1. The van der Waals surface area contributed by atoms with Crippen molar-refractivity contribution in [3.05, 3.63) is 17.0 Å². The van der Waals surface area contributed by atoms with Crippen LogP contribution in [-0.2, 0) is 14.8 Å². The molecule has 0 amide bonds. The summed E-state index contributed by atoms with van der Waals surface area (Å²) in [6.07, 6.45) is 0. The Bertz CT molecular complexity index is 625. The molecule has 0 aromatic carbocycles. The number of likely N-dealkylation sites (N-methyl/N-ethyl adjacent to an activating group) is 1. The third-order valence-electron chi connectivity index (χ3n) is 2.67. The van der Waals surface area contributed by atoms with E-state index in [9.17, 15) is 13.2 Å². The molecule has 1 N–H and O–H groups in total. The molecule has 0 fully saturated rings. The number of thiophene rings is 1. The molecule has 0 spiro atoms. The van der Waals surface area contributed by atoms with E-state index in [2.05, 4.69) is 0 Å². The Kier molecular flexibility index (Phi) is 4.35. The van der Waals surface area contributed by atoms with E-state index >= 15 is 0 Å². The van der Waals surface area contributed by atoms with Gasteiger partial charge in [-0.2, -0.15) is 9.57 Å². The molecule has 1 aromatic rings. The van der Waals surface area contributed by atoms with E-state index < -0.39 is 21.5 Å². The largest absolute Gasteiger partial charge is 0.480 e. The molecule has 0 atom stereocenters. The SMILES string of the molecule is CCN(C(C)(C)C(=O)O)S(=O)(=O)c1ccc(C#N)s1. The van der Waals surface area contributed by atoms with Gasteiger partial charge in [0.15, 0.2) is 0 Å². The lowest BCUT2D eigenvalue weighted by molar-refractivity contribution is -0.146. The van der Waals surface area contributed by atoms with Gasteiger partial charge in [-0.25, -0.2) is 8.42 Å². The second-order valence-corrected chi connectivity index (χ2v) is 7.44. The highest BCUT2D eigenvalue weighted by Crippen LogP contribution is 2.29. The van der Waals surface area contributed by atoms with Gasteiger partial charge in [-0.3, -0.25) is 4.79 Å². The van der Waals surface area contributed by atoms with Gasteiger partial charge in [-0.05, 0) is 26.0 Å². The molecule has 1 heterocycles. The zero-order valence-corrected chi connectivity index (χ0v) is 12.4. The number of carboxylic acids is 1. The molecule has 0 bridgehead atoms. The van der Waals surface area contributed by atoms with Crippen LogP contribution in [-0.4, -0.2) is 35.9 Å². The Morgan fingerprint density at radius 1 is 1.53 bits per heavy atom. The van der Waals surface area contributed by atoms with Crippen LogP contribution in [0.4, 0.5) is 0 Å². The van der Waals surface area contributed by atoms with E-state index in [1.807, 2.05) is 6.07 Å². The summed E-state index contributed by atoms with van der Waals surface area (Å²) in [4.78, 5) is 11.5. The van der Waals surface area contributed by atoms with E-state index in [0.717, 1.165) is 15.6 Å². The molecular weight excluding hydrogens is 288 g/mol. The summed E-state index contributed by atoms with van der Waals surface area (Å²) < 4.78 is 25.7. The summed E-state index contributed by atoms with van der Waals surface area (Å²) in [6.45, 7) is 4.26. The molecule has 6 nitrogen and oxygen atoms in total. The average molecular weight is 302 g/mol. The summed E-state index contributed by atoms with van der Waals surface area (Å²) in [5.74, 6) is -1.23. The van der Waals surface area contributed by atoms with Gasteiger partial charge in [0.1, 0.15) is 20.7 Å². The second kappa shape index (κ2) is 5.28. The van der Waals surface area contributed by atoms with Crippen molar-refractivity contribution in [3.63, 3.8) is 0 Å². The van der Waals surface area contributed by atoms with Crippen LogP contribution < -0.4 is 0 Å². The number of carboxylic acid groups (broad SMARTS) is 1. The maximum Gasteiger partial charge on any atom is 0.324 e. The van der Waals surface area contributed by atoms with Gasteiger partial charge >= 0.3 is 5.97 Å². The highest BCUT2D eigenvalue weighted by molar-refractivity contribution is 7.91. The lowest BCUT2D eigenvalue weighted by Gasteiger charge is -2.32. The molecular formula is C11H14N2O4S2. The molecule has 8 heteroatoms. The number of aliphatic carboxylic acids is 1. The molecule has 0 radical (unpaired) electrons. The van der Waals surface area contributed by atoms with Gasteiger partial charge < -0.3 is 5.11 Å². The minimum Gasteiger partial charge on any atom is -0.480 e. The van der Waals surface area contributed by atoms with E-state index in [1.54, 1.807) is 6.92 Å². The van der Waals surface area contributed by atoms with Crippen LogP contribution >= 0.6 is 11.3 Å². The Morgan fingerprint density at radius 3 is 2.47 bits per heavy atom. The first-order valence-corrected chi connectivity index (χ1v) is 7.69. The zero-order chi connectivity index (χ0) is 14.8. The number of nitrogens with zero attached hydrogens (tertiary/aromatic N) is 2. The zero-order valence-electron chi connectivity index (χ0n) is 10.7. The van der Waals surface area contributed by atoms with Gasteiger partial charge in [0, 0.05) is 6.54 Å². The van der Waals surface area contributed by atoms with Crippen LogP contribution in [0.3, 0.4) is 0 Å². The number of rotatable bonds is 5. The third kappa shape index (κ3) is 2.78. The molecule has 1 aromatic heterocycles. The average Bonchev–Trinajstić information content (AvgIpc) is 2.77. The maximum atomic E-state index is 12.4. The fraction of sp³-hybridized carbons (Fsp3) is 0.455. The van der Waals surface area contributed by atoms with Gasteiger partial charge in [-0.15, -0.1) is 11.3 Å². The van der Waals surface area contributed by atoms with Crippen LogP contribution in [0, 0.1) is 11.3 Å². The van der Waals surface area contributed by atoms with Crippen LogP contribution in [0.1, 0.15) is 25.6 Å². The molecule has 0 unspecified atom stereocenters. The Morgan fingerprint density at radius 2 is 2.11 bits per heavy atom. The molecule has 0 aliphatic rings. The second-order valence-electron chi connectivity index (χ2n) is 4.26. The first-order chi connectivity index (χ1) is 8.67.